The van der Waals surface area contributed by atoms with Crippen molar-refractivity contribution in [3.8, 4) is 0 Å². The number of piperidine rings is 1. The number of furan rings is 1. The zero-order chi connectivity index (χ0) is 11.8. The van der Waals surface area contributed by atoms with E-state index < -0.39 is 0 Å². The molecular formula is C13H18N2O2. The molecular weight excluding hydrogens is 216 g/mol. The summed E-state index contributed by atoms with van der Waals surface area (Å²) in [5.74, 6) is 1.54. The van der Waals surface area contributed by atoms with E-state index in [2.05, 4.69) is 5.32 Å². The summed E-state index contributed by atoms with van der Waals surface area (Å²) >= 11 is 0. The monoisotopic (exact) mass is 234 g/mol. The van der Waals surface area contributed by atoms with Gasteiger partial charge in [0.05, 0.1) is 5.56 Å². The maximum Gasteiger partial charge on any atom is 0.257 e. The van der Waals surface area contributed by atoms with Crippen molar-refractivity contribution in [3.05, 3.63) is 23.7 Å². The Morgan fingerprint density at radius 1 is 1.53 bits per heavy atom. The van der Waals surface area contributed by atoms with Gasteiger partial charge in [-0.3, -0.25) is 4.79 Å². The summed E-state index contributed by atoms with van der Waals surface area (Å²) < 4.78 is 5.20. The van der Waals surface area contributed by atoms with Gasteiger partial charge in [-0.2, -0.15) is 0 Å². The van der Waals surface area contributed by atoms with Crippen molar-refractivity contribution in [2.45, 2.75) is 25.8 Å². The van der Waals surface area contributed by atoms with Crippen LogP contribution in [0.4, 0.5) is 0 Å². The van der Waals surface area contributed by atoms with E-state index in [4.69, 9.17) is 4.42 Å². The Hall–Kier alpha value is -1.29. The standard InChI is InChI=1S/C13H18N2O2/c1-9-5-11(8-17-9)13(16)15-6-10-3-2-4-14-12(10)7-15/h5,8,10,12,14H,2-4,6-7H2,1H3/t10-,12+/m0/s1. The van der Waals surface area contributed by atoms with Crippen LogP contribution in [0.1, 0.15) is 29.0 Å². The predicted molar refractivity (Wildman–Crippen MR) is 63.9 cm³/mol. The summed E-state index contributed by atoms with van der Waals surface area (Å²) in [6.45, 7) is 4.69. The normalized spacial score (nSPS) is 28.2. The number of hydrogen-bond donors (Lipinski definition) is 1. The molecule has 0 aromatic carbocycles. The second-order valence-electron chi connectivity index (χ2n) is 5.12. The summed E-state index contributed by atoms with van der Waals surface area (Å²) in [7, 11) is 0. The lowest BCUT2D eigenvalue weighted by molar-refractivity contribution is 0.0785. The van der Waals surface area contributed by atoms with Gasteiger partial charge in [-0.1, -0.05) is 0 Å². The summed E-state index contributed by atoms with van der Waals surface area (Å²) in [6, 6.07) is 2.32. The van der Waals surface area contributed by atoms with Gasteiger partial charge in [-0.15, -0.1) is 0 Å². The molecule has 2 saturated heterocycles. The minimum atomic E-state index is 0.109. The molecule has 3 rings (SSSR count). The third kappa shape index (κ3) is 1.97. The van der Waals surface area contributed by atoms with Crippen LogP contribution in [0.5, 0.6) is 0 Å². The number of fused-ring (bicyclic) bond motifs is 1. The van der Waals surface area contributed by atoms with E-state index in [1.165, 1.54) is 12.8 Å². The first-order valence-corrected chi connectivity index (χ1v) is 6.32. The van der Waals surface area contributed by atoms with Gasteiger partial charge in [0.1, 0.15) is 12.0 Å². The smallest absolute Gasteiger partial charge is 0.257 e. The van der Waals surface area contributed by atoms with Crippen LogP contribution >= 0.6 is 0 Å². The number of nitrogens with zero attached hydrogens (tertiary/aromatic N) is 1. The number of hydrogen-bond acceptors (Lipinski definition) is 3. The van der Waals surface area contributed by atoms with Crippen LogP contribution in [0.2, 0.25) is 0 Å². The molecule has 0 spiro atoms. The average Bonchev–Trinajstić information content (AvgIpc) is 2.93. The van der Waals surface area contributed by atoms with Gasteiger partial charge in [-0.05, 0) is 38.3 Å². The lowest BCUT2D eigenvalue weighted by atomic mass is 9.94. The first-order valence-electron chi connectivity index (χ1n) is 6.32. The average molecular weight is 234 g/mol. The van der Waals surface area contributed by atoms with Gasteiger partial charge in [0.15, 0.2) is 0 Å². The van der Waals surface area contributed by atoms with Crippen LogP contribution in [-0.2, 0) is 0 Å². The maximum absolute atomic E-state index is 12.2. The van der Waals surface area contributed by atoms with Gasteiger partial charge in [0.25, 0.3) is 5.91 Å². The molecule has 0 aliphatic carbocycles. The van der Waals surface area contributed by atoms with E-state index in [-0.39, 0.29) is 5.91 Å². The molecule has 2 aliphatic heterocycles. The molecule has 1 aromatic rings. The second-order valence-corrected chi connectivity index (χ2v) is 5.12. The van der Waals surface area contributed by atoms with Gasteiger partial charge < -0.3 is 14.6 Å². The Bertz CT molecular complexity index is 413. The van der Waals surface area contributed by atoms with Gasteiger partial charge in [-0.25, -0.2) is 0 Å². The highest BCUT2D eigenvalue weighted by Gasteiger charge is 2.36. The SMILES string of the molecule is Cc1cc(C(=O)N2C[C@@H]3CCCN[C@@H]3C2)co1. The summed E-state index contributed by atoms with van der Waals surface area (Å²) in [5.41, 5.74) is 0.682. The molecule has 2 fully saturated rings. The minimum Gasteiger partial charge on any atom is -0.469 e. The number of aryl methyl sites for hydroxylation is 1. The van der Waals surface area contributed by atoms with Crippen molar-refractivity contribution < 1.29 is 9.21 Å². The predicted octanol–water partition coefficient (Wildman–Crippen LogP) is 1.41. The number of amides is 1. The van der Waals surface area contributed by atoms with Crippen LogP contribution in [0.3, 0.4) is 0 Å². The van der Waals surface area contributed by atoms with Crippen LogP contribution in [0.25, 0.3) is 0 Å². The highest BCUT2D eigenvalue weighted by Crippen LogP contribution is 2.26. The van der Waals surface area contributed by atoms with E-state index in [1.807, 2.05) is 17.9 Å². The summed E-state index contributed by atoms with van der Waals surface area (Å²) in [5, 5.41) is 3.51. The molecule has 1 amide bonds. The Labute approximate surface area is 101 Å². The van der Waals surface area contributed by atoms with Crippen molar-refractivity contribution in [2.24, 2.45) is 5.92 Å². The van der Waals surface area contributed by atoms with Gasteiger partial charge >= 0.3 is 0 Å². The molecule has 0 unspecified atom stereocenters. The fourth-order valence-electron chi connectivity index (χ4n) is 2.95. The van der Waals surface area contributed by atoms with Crippen molar-refractivity contribution in [3.63, 3.8) is 0 Å². The lowest BCUT2D eigenvalue weighted by Gasteiger charge is -2.24. The number of carbonyl (C=O) groups excluding carboxylic acids is 1. The zero-order valence-electron chi connectivity index (χ0n) is 10.1. The minimum absolute atomic E-state index is 0.109. The van der Waals surface area contributed by atoms with Crippen molar-refractivity contribution in [1.82, 2.24) is 10.2 Å². The number of nitrogens with one attached hydrogen (secondary N) is 1. The van der Waals surface area contributed by atoms with E-state index >= 15 is 0 Å². The molecule has 92 valence electrons. The van der Waals surface area contributed by atoms with Crippen molar-refractivity contribution in [2.75, 3.05) is 19.6 Å². The maximum atomic E-state index is 12.2. The molecule has 0 radical (unpaired) electrons. The Morgan fingerprint density at radius 2 is 2.41 bits per heavy atom. The molecule has 1 aromatic heterocycles. The Kier molecular flexibility index (Phi) is 2.67. The van der Waals surface area contributed by atoms with E-state index in [9.17, 15) is 4.79 Å². The highest BCUT2D eigenvalue weighted by atomic mass is 16.3. The summed E-state index contributed by atoms with van der Waals surface area (Å²) in [4.78, 5) is 14.2. The molecule has 2 atom stereocenters. The number of likely N-dealkylation sites (tertiary alicyclic amines) is 1. The Balaban J connectivity index is 1.71. The van der Waals surface area contributed by atoms with E-state index in [1.54, 1.807) is 6.26 Å². The van der Waals surface area contributed by atoms with E-state index in [0.29, 0.717) is 17.5 Å². The Morgan fingerprint density at radius 3 is 3.12 bits per heavy atom. The molecule has 3 heterocycles. The zero-order valence-corrected chi connectivity index (χ0v) is 10.1. The second kappa shape index (κ2) is 4.18. The fraction of sp³-hybridized carbons (Fsp3) is 0.615. The van der Waals surface area contributed by atoms with Crippen molar-refractivity contribution in [1.29, 1.82) is 0 Å². The highest BCUT2D eigenvalue weighted by molar-refractivity contribution is 5.94. The van der Waals surface area contributed by atoms with Crippen LogP contribution in [0, 0.1) is 12.8 Å². The molecule has 1 N–H and O–H groups in total. The third-order valence-corrected chi connectivity index (χ3v) is 3.86. The topological polar surface area (TPSA) is 45.5 Å². The van der Waals surface area contributed by atoms with Crippen molar-refractivity contribution >= 4 is 5.91 Å². The van der Waals surface area contributed by atoms with Crippen LogP contribution in [-0.4, -0.2) is 36.5 Å². The van der Waals surface area contributed by atoms with Crippen LogP contribution < -0.4 is 5.32 Å². The van der Waals surface area contributed by atoms with Crippen LogP contribution in [0.15, 0.2) is 16.7 Å². The quantitative estimate of drug-likeness (QED) is 0.799. The first kappa shape index (κ1) is 10.8. The number of rotatable bonds is 1. The van der Waals surface area contributed by atoms with Gasteiger partial charge in [0.2, 0.25) is 0 Å². The first-order chi connectivity index (χ1) is 8.24. The largest absolute Gasteiger partial charge is 0.469 e. The lowest BCUT2D eigenvalue weighted by Crippen LogP contribution is -2.41. The molecule has 17 heavy (non-hydrogen) atoms. The molecule has 4 heteroatoms. The van der Waals surface area contributed by atoms with Gasteiger partial charge in [0, 0.05) is 19.1 Å². The fourth-order valence-corrected chi connectivity index (χ4v) is 2.95. The molecule has 0 saturated carbocycles. The number of carbonyl (C=O) groups is 1. The third-order valence-electron chi connectivity index (χ3n) is 3.86. The molecule has 0 bridgehead atoms. The summed E-state index contributed by atoms with van der Waals surface area (Å²) in [6.07, 6.45) is 4.03. The molecule has 4 nitrogen and oxygen atoms in total. The van der Waals surface area contributed by atoms with E-state index in [0.717, 1.165) is 25.4 Å². The molecule has 2 aliphatic rings.